The SMILES string of the molecule is Cc1cccc(C)c1NC(=O)CSc1nncc2ccccc12. The average molecular weight is 323 g/mol. The largest absolute Gasteiger partial charge is 0.325 e. The molecule has 1 N–H and O–H groups in total. The van der Waals surface area contributed by atoms with Crippen LogP contribution in [0, 0.1) is 13.8 Å². The van der Waals surface area contributed by atoms with Gasteiger partial charge < -0.3 is 5.32 Å². The Morgan fingerprint density at radius 2 is 1.83 bits per heavy atom. The van der Waals surface area contributed by atoms with Crippen molar-refractivity contribution in [1.82, 2.24) is 10.2 Å². The Labute approximate surface area is 139 Å². The molecule has 1 heterocycles. The Bertz CT molecular complexity index is 838. The van der Waals surface area contributed by atoms with Crippen LogP contribution in [0.1, 0.15) is 11.1 Å². The molecule has 5 heteroatoms. The highest BCUT2D eigenvalue weighted by molar-refractivity contribution is 8.00. The van der Waals surface area contributed by atoms with Crippen LogP contribution < -0.4 is 5.32 Å². The molecule has 2 aromatic carbocycles. The standard InChI is InChI=1S/C18H17N3OS/c1-12-6-5-7-13(2)17(12)20-16(22)11-23-18-15-9-4-3-8-14(15)10-19-21-18/h3-10H,11H2,1-2H3,(H,20,22). The van der Waals surface area contributed by atoms with E-state index in [0.29, 0.717) is 5.75 Å². The van der Waals surface area contributed by atoms with Gasteiger partial charge in [-0.15, -0.1) is 5.10 Å². The molecule has 0 aliphatic heterocycles. The highest BCUT2D eigenvalue weighted by Gasteiger charge is 2.10. The van der Waals surface area contributed by atoms with Gasteiger partial charge in [0.25, 0.3) is 0 Å². The highest BCUT2D eigenvalue weighted by atomic mass is 32.2. The van der Waals surface area contributed by atoms with Crippen molar-refractivity contribution in [1.29, 1.82) is 0 Å². The zero-order valence-corrected chi connectivity index (χ0v) is 13.9. The molecular formula is C18H17N3OS. The number of fused-ring (bicyclic) bond motifs is 1. The second kappa shape index (κ2) is 6.79. The lowest BCUT2D eigenvalue weighted by Crippen LogP contribution is -2.15. The molecule has 3 aromatic rings. The van der Waals surface area contributed by atoms with Crippen molar-refractivity contribution in [2.45, 2.75) is 18.9 Å². The number of aryl methyl sites for hydroxylation is 2. The number of para-hydroxylation sites is 1. The van der Waals surface area contributed by atoms with E-state index in [0.717, 1.165) is 32.6 Å². The first-order valence-electron chi connectivity index (χ1n) is 7.34. The molecule has 3 rings (SSSR count). The van der Waals surface area contributed by atoms with E-state index < -0.39 is 0 Å². The fourth-order valence-corrected chi connectivity index (χ4v) is 3.22. The maximum absolute atomic E-state index is 12.2. The smallest absolute Gasteiger partial charge is 0.234 e. The molecule has 0 aliphatic rings. The fraction of sp³-hybridized carbons (Fsp3) is 0.167. The molecule has 0 radical (unpaired) electrons. The molecule has 0 saturated carbocycles. The highest BCUT2D eigenvalue weighted by Crippen LogP contribution is 2.25. The topological polar surface area (TPSA) is 54.9 Å². The van der Waals surface area contributed by atoms with Crippen molar-refractivity contribution in [2.24, 2.45) is 0 Å². The minimum absolute atomic E-state index is 0.0397. The molecule has 1 amide bonds. The van der Waals surface area contributed by atoms with Crippen LogP contribution in [0.2, 0.25) is 0 Å². The lowest BCUT2D eigenvalue weighted by Gasteiger charge is -2.11. The lowest BCUT2D eigenvalue weighted by atomic mass is 10.1. The first-order chi connectivity index (χ1) is 11.1. The van der Waals surface area contributed by atoms with Crippen LogP contribution in [0.15, 0.2) is 53.7 Å². The Morgan fingerprint density at radius 1 is 1.09 bits per heavy atom. The van der Waals surface area contributed by atoms with E-state index in [1.54, 1.807) is 6.20 Å². The first-order valence-corrected chi connectivity index (χ1v) is 8.33. The summed E-state index contributed by atoms with van der Waals surface area (Å²) in [6.07, 6.45) is 1.73. The number of thioether (sulfide) groups is 1. The van der Waals surface area contributed by atoms with E-state index in [4.69, 9.17) is 0 Å². The number of hydrogen-bond donors (Lipinski definition) is 1. The number of benzene rings is 2. The Balaban J connectivity index is 1.71. The van der Waals surface area contributed by atoms with Crippen LogP contribution in [-0.4, -0.2) is 21.9 Å². The molecule has 0 fully saturated rings. The summed E-state index contributed by atoms with van der Waals surface area (Å²) in [5.41, 5.74) is 3.02. The van der Waals surface area contributed by atoms with Gasteiger partial charge in [0.2, 0.25) is 5.91 Å². The number of rotatable bonds is 4. The number of nitrogens with one attached hydrogen (secondary N) is 1. The summed E-state index contributed by atoms with van der Waals surface area (Å²) in [6, 6.07) is 13.9. The maximum Gasteiger partial charge on any atom is 0.234 e. The second-order valence-corrected chi connectivity index (χ2v) is 6.30. The van der Waals surface area contributed by atoms with Gasteiger partial charge in [0, 0.05) is 16.5 Å². The predicted molar refractivity (Wildman–Crippen MR) is 94.8 cm³/mol. The van der Waals surface area contributed by atoms with Crippen molar-refractivity contribution >= 4 is 34.1 Å². The van der Waals surface area contributed by atoms with E-state index in [1.807, 2.05) is 56.3 Å². The van der Waals surface area contributed by atoms with Crippen LogP contribution >= 0.6 is 11.8 Å². The van der Waals surface area contributed by atoms with Gasteiger partial charge in [-0.2, -0.15) is 5.10 Å². The summed E-state index contributed by atoms with van der Waals surface area (Å²) in [5.74, 6) is 0.262. The van der Waals surface area contributed by atoms with E-state index in [2.05, 4.69) is 15.5 Å². The molecule has 1 aromatic heterocycles. The summed E-state index contributed by atoms with van der Waals surface area (Å²) < 4.78 is 0. The molecule has 23 heavy (non-hydrogen) atoms. The predicted octanol–water partition coefficient (Wildman–Crippen LogP) is 3.98. The van der Waals surface area contributed by atoms with Gasteiger partial charge in [0.05, 0.1) is 11.9 Å². The van der Waals surface area contributed by atoms with E-state index in [-0.39, 0.29) is 5.91 Å². The Kier molecular flexibility index (Phi) is 4.57. The summed E-state index contributed by atoms with van der Waals surface area (Å²) >= 11 is 1.40. The van der Waals surface area contributed by atoms with Crippen LogP contribution in [-0.2, 0) is 4.79 Å². The number of aromatic nitrogens is 2. The van der Waals surface area contributed by atoms with Crippen LogP contribution in [0.4, 0.5) is 5.69 Å². The number of carbonyl (C=O) groups excluding carboxylic acids is 1. The van der Waals surface area contributed by atoms with Gasteiger partial charge in [-0.25, -0.2) is 0 Å². The van der Waals surface area contributed by atoms with Crippen LogP contribution in [0.3, 0.4) is 0 Å². The van der Waals surface area contributed by atoms with Crippen LogP contribution in [0.25, 0.3) is 10.8 Å². The molecule has 0 spiro atoms. The van der Waals surface area contributed by atoms with Crippen molar-refractivity contribution < 1.29 is 4.79 Å². The number of amides is 1. The molecule has 0 aliphatic carbocycles. The zero-order valence-electron chi connectivity index (χ0n) is 13.0. The fourth-order valence-electron chi connectivity index (χ4n) is 2.43. The van der Waals surface area contributed by atoms with E-state index in [9.17, 15) is 4.79 Å². The number of carbonyl (C=O) groups is 1. The Hall–Kier alpha value is -2.40. The van der Waals surface area contributed by atoms with Crippen molar-refractivity contribution in [3.05, 3.63) is 59.8 Å². The van der Waals surface area contributed by atoms with Gasteiger partial charge in [-0.05, 0) is 25.0 Å². The van der Waals surface area contributed by atoms with Gasteiger partial charge in [-0.3, -0.25) is 4.79 Å². The summed E-state index contributed by atoms with van der Waals surface area (Å²) in [6.45, 7) is 3.98. The first kappa shape index (κ1) is 15.5. The lowest BCUT2D eigenvalue weighted by molar-refractivity contribution is -0.113. The van der Waals surface area contributed by atoms with Gasteiger partial charge in [0.1, 0.15) is 5.03 Å². The molecular weight excluding hydrogens is 306 g/mol. The quantitative estimate of drug-likeness (QED) is 0.738. The number of anilines is 1. The minimum Gasteiger partial charge on any atom is -0.325 e. The summed E-state index contributed by atoms with van der Waals surface area (Å²) in [5, 5.41) is 14.0. The molecule has 0 saturated heterocycles. The van der Waals surface area contributed by atoms with Gasteiger partial charge >= 0.3 is 0 Å². The summed E-state index contributed by atoms with van der Waals surface area (Å²) in [7, 11) is 0. The van der Waals surface area contributed by atoms with Crippen molar-refractivity contribution in [3.8, 4) is 0 Å². The second-order valence-electron chi connectivity index (χ2n) is 5.34. The number of hydrogen-bond acceptors (Lipinski definition) is 4. The third-order valence-corrected chi connectivity index (χ3v) is 4.60. The third kappa shape index (κ3) is 3.51. The average Bonchev–Trinajstić information content (AvgIpc) is 2.56. The monoisotopic (exact) mass is 323 g/mol. The normalized spacial score (nSPS) is 10.7. The Morgan fingerprint density at radius 3 is 2.61 bits per heavy atom. The molecule has 4 nitrogen and oxygen atoms in total. The van der Waals surface area contributed by atoms with Gasteiger partial charge in [-0.1, -0.05) is 54.2 Å². The summed E-state index contributed by atoms with van der Waals surface area (Å²) in [4.78, 5) is 12.2. The molecule has 116 valence electrons. The van der Waals surface area contributed by atoms with E-state index in [1.165, 1.54) is 11.8 Å². The van der Waals surface area contributed by atoms with Crippen LogP contribution in [0.5, 0.6) is 0 Å². The zero-order chi connectivity index (χ0) is 16.2. The maximum atomic E-state index is 12.2. The number of nitrogens with zero attached hydrogens (tertiary/aromatic N) is 2. The molecule has 0 bridgehead atoms. The van der Waals surface area contributed by atoms with Gasteiger partial charge in [0.15, 0.2) is 0 Å². The minimum atomic E-state index is -0.0397. The van der Waals surface area contributed by atoms with Crippen molar-refractivity contribution in [2.75, 3.05) is 11.1 Å². The molecule has 0 atom stereocenters. The third-order valence-electron chi connectivity index (χ3n) is 3.62. The van der Waals surface area contributed by atoms with Crippen molar-refractivity contribution in [3.63, 3.8) is 0 Å². The molecule has 0 unspecified atom stereocenters. The van der Waals surface area contributed by atoms with E-state index >= 15 is 0 Å².